The molecule has 0 rings (SSSR count). The van der Waals surface area contributed by atoms with Gasteiger partial charge in [-0.2, -0.15) is 0 Å². The Balaban J connectivity index is 4.13. The van der Waals surface area contributed by atoms with Crippen LogP contribution in [0.15, 0.2) is 0 Å². The van der Waals surface area contributed by atoms with Crippen LogP contribution in [0.1, 0.15) is 54.4 Å². The quantitative estimate of drug-likeness (QED) is 0.612. The van der Waals surface area contributed by atoms with E-state index in [2.05, 4.69) is 41.5 Å². The maximum Gasteiger partial charge on any atom is 0.123 e. The van der Waals surface area contributed by atoms with Crippen LogP contribution >= 0.6 is 0 Å². The van der Waals surface area contributed by atoms with E-state index in [4.69, 9.17) is 0 Å². The lowest BCUT2D eigenvalue weighted by Gasteiger charge is -2.27. The van der Waals surface area contributed by atoms with Gasteiger partial charge >= 0.3 is 0 Å². The number of hydrogen-bond donors (Lipinski definition) is 0. The van der Waals surface area contributed by atoms with Crippen molar-refractivity contribution in [1.29, 1.82) is 0 Å². The highest BCUT2D eigenvalue weighted by atomic mass is 16.1. The Bertz CT molecular complexity index is 141. The van der Waals surface area contributed by atoms with Crippen LogP contribution in [-0.2, 0) is 4.79 Å². The summed E-state index contributed by atoms with van der Waals surface area (Å²) in [6.45, 7) is 13.1. The van der Waals surface area contributed by atoms with Crippen LogP contribution in [0.3, 0.4) is 0 Å². The van der Waals surface area contributed by atoms with Gasteiger partial charge in [0.05, 0.1) is 0 Å². The second-order valence-electron chi connectivity index (χ2n) is 6.43. The number of carbonyl (C=O) groups is 1. The van der Waals surface area contributed by atoms with Crippen LogP contribution in [0, 0.1) is 16.7 Å². The first-order valence-corrected chi connectivity index (χ1v) is 5.09. The molecule has 13 heavy (non-hydrogen) atoms. The predicted molar refractivity (Wildman–Crippen MR) is 57.7 cm³/mol. The molecule has 1 heteroatoms. The second kappa shape index (κ2) is 4.26. The number of rotatable bonds is 3. The molecule has 0 aromatic carbocycles. The second-order valence-corrected chi connectivity index (χ2v) is 6.43. The summed E-state index contributed by atoms with van der Waals surface area (Å²) < 4.78 is 0. The van der Waals surface area contributed by atoms with Gasteiger partial charge in [0, 0.05) is 5.92 Å². The molecule has 0 spiro atoms. The molecule has 0 unspecified atom stereocenters. The molecular formula is C12H24O. The highest BCUT2D eigenvalue weighted by Crippen LogP contribution is 2.31. The topological polar surface area (TPSA) is 17.1 Å². The summed E-state index contributed by atoms with van der Waals surface area (Å²) in [6, 6.07) is 0. The van der Waals surface area contributed by atoms with Crippen LogP contribution in [0.4, 0.5) is 0 Å². The highest BCUT2D eigenvalue weighted by Gasteiger charge is 2.23. The minimum Gasteiger partial charge on any atom is -0.303 e. The average molecular weight is 184 g/mol. The van der Waals surface area contributed by atoms with Gasteiger partial charge in [-0.1, -0.05) is 41.5 Å². The Morgan fingerprint density at radius 3 is 1.38 bits per heavy atom. The fraction of sp³-hybridized carbons (Fsp3) is 0.917. The third-order valence-corrected chi connectivity index (χ3v) is 1.94. The standard InChI is InChI=1S/C12H24O/c1-11(2,3)7-10(9-13)8-12(4,5)6/h9-10H,7-8H2,1-6H3. The van der Waals surface area contributed by atoms with E-state index in [-0.39, 0.29) is 16.7 Å². The lowest BCUT2D eigenvalue weighted by atomic mass is 9.77. The van der Waals surface area contributed by atoms with Crippen LogP contribution < -0.4 is 0 Å². The van der Waals surface area contributed by atoms with Crippen molar-refractivity contribution in [3.05, 3.63) is 0 Å². The highest BCUT2D eigenvalue weighted by molar-refractivity contribution is 5.53. The molecule has 0 aliphatic heterocycles. The van der Waals surface area contributed by atoms with Gasteiger partial charge in [0.2, 0.25) is 0 Å². The van der Waals surface area contributed by atoms with E-state index in [0.717, 1.165) is 19.1 Å². The van der Waals surface area contributed by atoms with Crippen molar-refractivity contribution in [1.82, 2.24) is 0 Å². The van der Waals surface area contributed by atoms with Gasteiger partial charge in [0.1, 0.15) is 6.29 Å². The molecule has 0 aromatic heterocycles. The van der Waals surface area contributed by atoms with Gasteiger partial charge < -0.3 is 4.79 Å². The van der Waals surface area contributed by atoms with Crippen molar-refractivity contribution in [2.24, 2.45) is 16.7 Å². The SMILES string of the molecule is CC(C)(C)CC(C=O)CC(C)(C)C. The summed E-state index contributed by atoms with van der Waals surface area (Å²) >= 11 is 0. The van der Waals surface area contributed by atoms with Crippen LogP contribution in [0.25, 0.3) is 0 Å². The lowest BCUT2D eigenvalue weighted by molar-refractivity contribution is -0.112. The largest absolute Gasteiger partial charge is 0.303 e. The third kappa shape index (κ3) is 8.01. The van der Waals surface area contributed by atoms with E-state index in [0.29, 0.717) is 0 Å². The van der Waals surface area contributed by atoms with E-state index >= 15 is 0 Å². The Labute approximate surface area is 82.9 Å². The van der Waals surface area contributed by atoms with E-state index in [9.17, 15) is 4.79 Å². The molecule has 0 atom stereocenters. The normalized spacial score (nSPS) is 13.5. The fourth-order valence-corrected chi connectivity index (χ4v) is 1.74. The number of carbonyl (C=O) groups excluding carboxylic acids is 1. The van der Waals surface area contributed by atoms with Gasteiger partial charge in [-0.3, -0.25) is 0 Å². The van der Waals surface area contributed by atoms with Crippen molar-refractivity contribution in [3.63, 3.8) is 0 Å². The van der Waals surface area contributed by atoms with Gasteiger partial charge in [-0.05, 0) is 23.7 Å². The molecule has 0 heterocycles. The van der Waals surface area contributed by atoms with E-state index < -0.39 is 0 Å². The molecule has 0 saturated carbocycles. The zero-order valence-electron chi connectivity index (χ0n) is 9.98. The minimum absolute atomic E-state index is 0.222. The van der Waals surface area contributed by atoms with Crippen molar-refractivity contribution in [2.45, 2.75) is 54.4 Å². The molecule has 0 amide bonds. The molecule has 0 saturated heterocycles. The Hall–Kier alpha value is -0.330. The molecular weight excluding hydrogens is 160 g/mol. The average Bonchev–Trinajstić information content (AvgIpc) is 1.79. The zero-order valence-corrected chi connectivity index (χ0v) is 9.98. The monoisotopic (exact) mass is 184 g/mol. The predicted octanol–water partition coefficient (Wildman–Crippen LogP) is 3.67. The van der Waals surface area contributed by atoms with Crippen LogP contribution in [-0.4, -0.2) is 6.29 Å². The summed E-state index contributed by atoms with van der Waals surface area (Å²) in [5.74, 6) is 0.222. The van der Waals surface area contributed by atoms with Gasteiger partial charge in [0.25, 0.3) is 0 Å². The molecule has 0 aliphatic rings. The summed E-state index contributed by atoms with van der Waals surface area (Å²) in [5.41, 5.74) is 0.521. The van der Waals surface area contributed by atoms with Gasteiger partial charge in [-0.15, -0.1) is 0 Å². The Kier molecular flexibility index (Phi) is 4.15. The van der Waals surface area contributed by atoms with Crippen LogP contribution in [0.5, 0.6) is 0 Å². The van der Waals surface area contributed by atoms with Gasteiger partial charge in [-0.25, -0.2) is 0 Å². The maximum atomic E-state index is 10.9. The molecule has 0 aromatic rings. The molecule has 0 aliphatic carbocycles. The molecule has 0 N–H and O–H groups in total. The first-order chi connectivity index (χ1) is 5.64. The number of hydrogen-bond acceptors (Lipinski definition) is 1. The molecule has 1 nitrogen and oxygen atoms in total. The smallest absolute Gasteiger partial charge is 0.123 e. The third-order valence-electron chi connectivity index (χ3n) is 1.94. The summed E-state index contributed by atoms with van der Waals surface area (Å²) in [6.07, 6.45) is 3.11. The number of aldehydes is 1. The maximum absolute atomic E-state index is 10.9. The summed E-state index contributed by atoms with van der Waals surface area (Å²) in [7, 11) is 0. The van der Waals surface area contributed by atoms with Crippen molar-refractivity contribution in [2.75, 3.05) is 0 Å². The van der Waals surface area contributed by atoms with Crippen molar-refractivity contribution < 1.29 is 4.79 Å². The van der Waals surface area contributed by atoms with Gasteiger partial charge in [0.15, 0.2) is 0 Å². The molecule has 78 valence electrons. The molecule has 0 fully saturated rings. The van der Waals surface area contributed by atoms with E-state index in [1.165, 1.54) is 0 Å². The summed E-state index contributed by atoms with van der Waals surface area (Å²) in [5, 5.41) is 0. The zero-order chi connectivity index (χ0) is 10.7. The molecule has 0 radical (unpaired) electrons. The minimum atomic E-state index is 0.222. The van der Waals surface area contributed by atoms with Crippen molar-refractivity contribution >= 4 is 6.29 Å². The van der Waals surface area contributed by atoms with E-state index in [1.807, 2.05) is 0 Å². The van der Waals surface area contributed by atoms with Crippen molar-refractivity contribution in [3.8, 4) is 0 Å². The first-order valence-electron chi connectivity index (χ1n) is 5.09. The first kappa shape index (κ1) is 12.7. The van der Waals surface area contributed by atoms with Crippen LogP contribution in [0.2, 0.25) is 0 Å². The summed E-state index contributed by atoms with van der Waals surface area (Å²) in [4.78, 5) is 10.9. The van der Waals surface area contributed by atoms with E-state index in [1.54, 1.807) is 0 Å². The fourth-order valence-electron chi connectivity index (χ4n) is 1.74. The molecule has 0 bridgehead atoms. The lowest BCUT2D eigenvalue weighted by Crippen LogP contribution is -2.20. The Morgan fingerprint density at radius 2 is 1.23 bits per heavy atom. The Morgan fingerprint density at radius 1 is 0.923 bits per heavy atom.